The predicted molar refractivity (Wildman–Crippen MR) is 69.9 cm³/mol. The van der Waals surface area contributed by atoms with Crippen molar-refractivity contribution in [3.8, 4) is 5.75 Å². The van der Waals surface area contributed by atoms with E-state index in [0.29, 0.717) is 18.3 Å². The van der Waals surface area contributed by atoms with Gasteiger partial charge in [-0.15, -0.1) is 0 Å². The summed E-state index contributed by atoms with van der Waals surface area (Å²) >= 11 is 0. The highest BCUT2D eigenvalue weighted by Crippen LogP contribution is 2.28. The van der Waals surface area contributed by atoms with Crippen LogP contribution < -0.4 is 4.74 Å². The second-order valence-corrected chi connectivity index (χ2v) is 4.75. The Morgan fingerprint density at radius 3 is 2.47 bits per heavy atom. The van der Waals surface area contributed by atoms with E-state index in [0.717, 1.165) is 5.56 Å². The Labute approximate surface area is 104 Å². The van der Waals surface area contributed by atoms with Gasteiger partial charge in [0.25, 0.3) is 0 Å². The van der Waals surface area contributed by atoms with E-state index < -0.39 is 0 Å². The van der Waals surface area contributed by atoms with E-state index in [-0.39, 0.29) is 5.82 Å². The van der Waals surface area contributed by atoms with Crippen LogP contribution in [0.25, 0.3) is 0 Å². The molecule has 0 saturated heterocycles. The highest BCUT2D eigenvalue weighted by atomic mass is 19.1. The summed E-state index contributed by atoms with van der Waals surface area (Å²) < 4.78 is 18.7. The van der Waals surface area contributed by atoms with Crippen molar-refractivity contribution in [3.63, 3.8) is 0 Å². The molecule has 1 nitrogen and oxygen atoms in total. The Kier molecular flexibility index (Phi) is 6.03. The van der Waals surface area contributed by atoms with Gasteiger partial charge in [0.05, 0.1) is 6.61 Å². The number of benzene rings is 1. The molecule has 1 saturated carbocycles. The lowest BCUT2D eigenvalue weighted by Crippen LogP contribution is -2.19. The van der Waals surface area contributed by atoms with E-state index in [1.165, 1.54) is 31.7 Å². The summed E-state index contributed by atoms with van der Waals surface area (Å²) in [6.07, 6.45) is 5.01. The number of ether oxygens (including phenoxy) is 1. The van der Waals surface area contributed by atoms with Crippen molar-refractivity contribution in [1.29, 1.82) is 0 Å². The third kappa shape index (κ3) is 4.76. The van der Waals surface area contributed by atoms with Gasteiger partial charge < -0.3 is 4.74 Å². The Hall–Kier alpha value is -1.05. The van der Waals surface area contributed by atoms with E-state index in [9.17, 15) is 4.39 Å². The van der Waals surface area contributed by atoms with Gasteiger partial charge in [0, 0.05) is 0 Å². The van der Waals surface area contributed by atoms with E-state index in [1.54, 1.807) is 12.1 Å². The Morgan fingerprint density at radius 1 is 1.29 bits per heavy atom. The van der Waals surface area contributed by atoms with Gasteiger partial charge in [0.2, 0.25) is 0 Å². The summed E-state index contributed by atoms with van der Waals surface area (Å²) in [5, 5.41) is 0. The molecule has 96 valence electrons. The summed E-state index contributed by atoms with van der Waals surface area (Å²) in [5.41, 5.74) is 1.04. The first-order valence-electron chi connectivity index (χ1n) is 6.56. The standard InChI is InChI=1S/C12H15FO.C3H8/c1-9-5-6-11(13)12(7-9)14-8-10-3-2-4-10;1-3-2/h5-7,10H,2-4,8H2,1H3;3H2,1-2H3. The molecule has 1 aliphatic carbocycles. The lowest BCUT2D eigenvalue weighted by atomic mass is 9.86. The van der Waals surface area contributed by atoms with Crippen LogP contribution in [0.1, 0.15) is 45.1 Å². The fraction of sp³-hybridized carbons (Fsp3) is 0.600. The molecule has 2 rings (SSSR count). The third-order valence-corrected chi connectivity index (χ3v) is 2.79. The molecule has 0 bridgehead atoms. The first-order chi connectivity index (χ1) is 8.17. The zero-order chi connectivity index (χ0) is 12.7. The van der Waals surface area contributed by atoms with Crippen LogP contribution in [0.4, 0.5) is 4.39 Å². The number of hydrogen-bond acceptors (Lipinski definition) is 1. The Morgan fingerprint density at radius 2 is 1.94 bits per heavy atom. The number of aryl methyl sites for hydroxylation is 1. The van der Waals surface area contributed by atoms with Crippen LogP contribution in [0.2, 0.25) is 0 Å². The quantitative estimate of drug-likeness (QED) is 0.739. The molecule has 0 N–H and O–H groups in total. The Bertz CT molecular complexity index is 332. The van der Waals surface area contributed by atoms with Crippen LogP contribution in [-0.4, -0.2) is 6.61 Å². The van der Waals surface area contributed by atoms with Crippen molar-refractivity contribution < 1.29 is 9.13 Å². The SMILES string of the molecule is CCC.Cc1ccc(F)c(OCC2CCC2)c1. The first-order valence-corrected chi connectivity index (χ1v) is 6.56. The highest BCUT2D eigenvalue weighted by molar-refractivity contribution is 5.29. The molecule has 1 aliphatic rings. The zero-order valence-corrected chi connectivity index (χ0v) is 11.1. The number of halogens is 1. The third-order valence-electron chi connectivity index (χ3n) is 2.79. The second kappa shape index (κ2) is 7.31. The number of hydrogen-bond donors (Lipinski definition) is 0. The molecule has 0 spiro atoms. The van der Waals surface area contributed by atoms with Crippen molar-refractivity contribution in [3.05, 3.63) is 29.6 Å². The minimum atomic E-state index is -0.255. The molecule has 1 fully saturated rings. The average molecular weight is 238 g/mol. The van der Waals surface area contributed by atoms with Gasteiger partial charge in [-0.05, 0) is 43.4 Å². The van der Waals surface area contributed by atoms with Crippen LogP contribution in [0.15, 0.2) is 18.2 Å². The number of rotatable bonds is 3. The summed E-state index contributed by atoms with van der Waals surface area (Å²) in [6, 6.07) is 4.98. The van der Waals surface area contributed by atoms with Crippen LogP contribution >= 0.6 is 0 Å². The first kappa shape index (κ1) is 14.0. The second-order valence-electron chi connectivity index (χ2n) is 4.75. The minimum Gasteiger partial charge on any atom is -0.490 e. The van der Waals surface area contributed by atoms with Crippen molar-refractivity contribution in [2.24, 2.45) is 5.92 Å². The van der Waals surface area contributed by atoms with Gasteiger partial charge in [0.1, 0.15) is 0 Å². The van der Waals surface area contributed by atoms with Crippen LogP contribution in [0.3, 0.4) is 0 Å². The van der Waals surface area contributed by atoms with Crippen molar-refractivity contribution in [1.82, 2.24) is 0 Å². The summed E-state index contributed by atoms with van der Waals surface area (Å²) in [7, 11) is 0. The maximum absolute atomic E-state index is 13.2. The zero-order valence-electron chi connectivity index (χ0n) is 11.1. The van der Waals surface area contributed by atoms with Crippen molar-refractivity contribution in [2.75, 3.05) is 6.61 Å². The van der Waals surface area contributed by atoms with E-state index in [2.05, 4.69) is 13.8 Å². The van der Waals surface area contributed by atoms with Crippen LogP contribution in [0.5, 0.6) is 5.75 Å². The topological polar surface area (TPSA) is 9.23 Å². The van der Waals surface area contributed by atoms with E-state index in [4.69, 9.17) is 4.74 Å². The minimum absolute atomic E-state index is 0.255. The van der Waals surface area contributed by atoms with Crippen molar-refractivity contribution in [2.45, 2.75) is 46.5 Å². The summed E-state index contributed by atoms with van der Waals surface area (Å²) in [5.74, 6) is 0.793. The van der Waals surface area contributed by atoms with Gasteiger partial charge in [-0.1, -0.05) is 32.8 Å². The lowest BCUT2D eigenvalue weighted by molar-refractivity contribution is 0.175. The van der Waals surface area contributed by atoms with Gasteiger partial charge in [0.15, 0.2) is 11.6 Å². The molecule has 0 radical (unpaired) electrons. The lowest BCUT2D eigenvalue weighted by Gasteiger charge is -2.25. The van der Waals surface area contributed by atoms with Gasteiger partial charge in [-0.3, -0.25) is 0 Å². The van der Waals surface area contributed by atoms with E-state index >= 15 is 0 Å². The molecule has 17 heavy (non-hydrogen) atoms. The molecule has 0 heterocycles. The molecule has 2 heteroatoms. The van der Waals surface area contributed by atoms with Crippen LogP contribution in [-0.2, 0) is 0 Å². The fourth-order valence-electron chi connectivity index (χ4n) is 1.59. The molecule has 0 amide bonds. The fourth-order valence-corrected chi connectivity index (χ4v) is 1.59. The van der Waals surface area contributed by atoms with E-state index in [1.807, 2.05) is 6.92 Å². The maximum atomic E-state index is 13.2. The molecule has 0 aliphatic heterocycles. The molecular formula is C15H23FO. The monoisotopic (exact) mass is 238 g/mol. The summed E-state index contributed by atoms with van der Waals surface area (Å²) in [4.78, 5) is 0. The smallest absolute Gasteiger partial charge is 0.165 e. The van der Waals surface area contributed by atoms with Crippen LogP contribution in [0, 0.1) is 18.7 Å². The average Bonchev–Trinajstić information content (AvgIpc) is 2.22. The molecule has 0 unspecified atom stereocenters. The molecule has 0 atom stereocenters. The van der Waals surface area contributed by atoms with Gasteiger partial charge >= 0.3 is 0 Å². The highest BCUT2D eigenvalue weighted by Gasteiger charge is 2.18. The Balaban J connectivity index is 0.000000437. The molecule has 1 aromatic carbocycles. The normalized spacial score (nSPS) is 14.6. The molecule has 1 aromatic rings. The largest absolute Gasteiger partial charge is 0.490 e. The predicted octanol–water partition coefficient (Wildman–Crippen LogP) is 4.73. The molecule has 0 aromatic heterocycles. The van der Waals surface area contributed by atoms with Crippen molar-refractivity contribution >= 4 is 0 Å². The summed E-state index contributed by atoms with van der Waals surface area (Å²) in [6.45, 7) is 6.86. The van der Waals surface area contributed by atoms with Gasteiger partial charge in [-0.25, -0.2) is 4.39 Å². The molecular weight excluding hydrogens is 215 g/mol. The van der Waals surface area contributed by atoms with Gasteiger partial charge in [-0.2, -0.15) is 0 Å². The maximum Gasteiger partial charge on any atom is 0.165 e.